The highest BCUT2D eigenvalue weighted by Gasteiger charge is 2.11. The molecule has 0 spiro atoms. The highest BCUT2D eigenvalue weighted by molar-refractivity contribution is 7.41. The van der Waals surface area contributed by atoms with Crippen molar-refractivity contribution >= 4 is 8.60 Å². The first-order valence-corrected chi connectivity index (χ1v) is 10.4. The molecule has 0 fully saturated rings. The van der Waals surface area contributed by atoms with E-state index >= 15 is 0 Å². The quantitative estimate of drug-likeness (QED) is 0.340. The minimum atomic E-state index is -1.96. The van der Waals surface area contributed by atoms with Gasteiger partial charge in [-0.25, -0.2) is 0 Å². The molecule has 0 aliphatic heterocycles. The van der Waals surface area contributed by atoms with Crippen LogP contribution in [0.4, 0.5) is 0 Å². The standard InChI is InChI=1S/C21H29O3P/c1-2-3-4-5-6-7-9-12-19-15-17-21(18-16-19)24-25(22)23-20-13-10-8-11-14-20/h8,10-11,13-18,22H,2-7,9,12H2,1H3. The normalized spacial score (nSPS) is 11.9. The first kappa shape index (κ1) is 19.8. The largest absolute Gasteiger partial charge is 0.460 e. The van der Waals surface area contributed by atoms with Gasteiger partial charge in [0, 0.05) is 0 Å². The molecular formula is C21H29O3P. The summed E-state index contributed by atoms with van der Waals surface area (Å²) in [6.07, 6.45) is 10.4. The highest BCUT2D eigenvalue weighted by atomic mass is 31.2. The third-order valence-electron chi connectivity index (χ3n) is 4.10. The molecule has 0 aliphatic rings. The number of hydrogen-bond acceptors (Lipinski definition) is 3. The van der Waals surface area contributed by atoms with Crippen molar-refractivity contribution in [2.24, 2.45) is 0 Å². The van der Waals surface area contributed by atoms with E-state index in [1.807, 2.05) is 30.3 Å². The van der Waals surface area contributed by atoms with E-state index < -0.39 is 8.60 Å². The highest BCUT2D eigenvalue weighted by Crippen LogP contribution is 2.36. The molecular weight excluding hydrogens is 331 g/mol. The molecule has 0 aliphatic carbocycles. The summed E-state index contributed by atoms with van der Waals surface area (Å²) in [7, 11) is -1.96. The van der Waals surface area contributed by atoms with Crippen molar-refractivity contribution in [3.8, 4) is 11.5 Å². The second kappa shape index (κ2) is 11.9. The Labute approximate surface area is 153 Å². The van der Waals surface area contributed by atoms with E-state index in [1.165, 1.54) is 50.5 Å². The molecule has 4 heteroatoms. The van der Waals surface area contributed by atoms with E-state index in [4.69, 9.17) is 9.05 Å². The molecule has 0 saturated heterocycles. The Morgan fingerprint density at radius 3 is 1.92 bits per heavy atom. The van der Waals surface area contributed by atoms with Crippen molar-refractivity contribution in [1.82, 2.24) is 0 Å². The molecule has 2 rings (SSSR count). The number of para-hydroxylation sites is 1. The van der Waals surface area contributed by atoms with Gasteiger partial charge in [-0.3, -0.25) is 0 Å². The minimum Gasteiger partial charge on any atom is -0.418 e. The van der Waals surface area contributed by atoms with E-state index in [2.05, 4.69) is 19.1 Å². The van der Waals surface area contributed by atoms with Gasteiger partial charge in [-0.2, -0.15) is 0 Å². The van der Waals surface area contributed by atoms with Crippen LogP contribution in [-0.2, 0) is 6.42 Å². The molecule has 3 nitrogen and oxygen atoms in total. The lowest BCUT2D eigenvalue weighted by atomic mass is 10.0. The molecule has 1 N–H and O–H groups in total. The zero-order valence-electron chi connectivity index (χ0n) is 15.1. The number of rotatable bonds is 12. The number of aryl methyl sites for hydroxylation is 1. The van der Waals surface area contributed by atoms with Crippen LogP contribution < -0.4 is 9.05 Å². The first-order valence-electron chi connectivity index (χ1n) is 9.27. The maximum atomic E-state index is 9.91. The van der Waals surface area contributed by atoms with Gasteiger partial charge in [0.15, 0.2) is 0 Å². The van der Waals surface area contributed by atoms with Gasteiger partial charge in [0.25, 0.3) is 0 Å². The fraction of sp³-hybridized carbons (Fsp3) is 0.429. The SMILES string of the molecule is CCCCCCCCCc1ccc(OP(O)Oc2ccccc2)cc1. The van der Waals surface area contributed by atoms with Crippen LogP contribution in [0.1, 0.15) is 57.4 Å². The monoisotopic (exact) mass is 360 g/mol. The molecule has 1 atom stereocenters. The van der Waals surface area contributed by atoms with Crippen molar-refractivity contribution in [3.63, 3.8) is 0 Å². The van der Waals surface area contributed by atoms with Gasteiger partial charge in [0.05, 0.1) is 0 Å². The summed E-state index contributed by atoms with van der Waals surface area (Å²) in [6.45, 7) is 2.25. The zero-order valence-corrected chi connectivity index (χ0v) is 16.0. The Kier molecular flexibility index (Phi) is 9.40. The summed E-state index contributed by atoms with van der Waals surface area (Å²) in [5.41, 5.74) is 1.31. The average molecular weight is 360 g/mol. The van der Waals surface area contributed by atoms with E-state index in [-0.39, 0.29) is 0 Å². The molecule has 0 heterocycles. The average Bonchev–Trinajstić information content (AvgIpc) is 2.63. The third kappa shape index (κ3) is 8.38. The molecule has 2 aromatic carbocycles. The van der Waals surface area contributed by atoms with E-state index in [0.29, 0.717) is 11.5 Å². The molecule has 1 unspecified atom stereocenters. The van der Waals surface area contributed by atoms with Crippen molar-refractivity contribution in [1.29, 1.82) is 0 Å². The Hall–Kier alpha value is -1.57. The Bertz CT molecular complexity index is 571. The van der Waals surface area contributed by atoms with Crippen molar-refractivity contribution in [2.75, 3.05) is 0 Å². The van der Waals surface area contributed by atoms with Gasteiger partial charge in [-0.1, -0.05) is 75.8 Å². The zero-order chi connectivity index (χ0) is 17.7. The van der Waals surface area contributed by atoms with Crippen LogP contribution in [0.2, 0.25) is 0 Å². The van der Waals surface area contributed by atoms with Crippen LogP contribution in [-0.4, -0.2) is 4.89 Å². The number of unbranched alkanes of at least 4 members (excludes halogenated alkanes) is 6. The molecule has 136 valence electrons. The number of hydrogen-bond donors (Lipinski definition) is 1. The summed E-state index contributed by atoms with van der Waals surface area (Å²) in [5.74, 6) is 1.24. The molecule has 0 bridgehead atoms. The topological polar surface area (TPSA) is 38.7 Å². The maximum absolute atomic E-state index is 9.91. The molecule has 25 heavy (non-hydrogen) atoms. The van der Waals surface area contributed by atoms with Crippen LogP contribution in [0, 0.1) is 0 Å². The lowest BCUT2D eigenvalue weighted by Gasteiger charge is -2.12. The molecule has 2 aromatic rings. The summed E-state index contributed by atoms with van der Waals surface area (Å²) < 4.78 is 10.8. The Balaban J connectivity index is 1.65. The summed E-state index contributed by atoms with van der Waals surface area (Å²) in [5, 5.41) is 0. The summed E-state index contributed by atoms with van der Waals surface area (Å²) >= 11 is 0. The van der Waals surface area contributed by atoms with Crippen molar-refractivity contribution in [2.45, 2.75) is 58.3 Å². The van der Waals surface area contributed by atoms with E-state index in [0.717, 1.165) is 6.42 Å². The molecule has 0 saturated carbocycles. The van der Waals surface area contributed by atoms with Gasteiger partial charge < -0.3 is 13.9 Å². The van der Waals surface area contributed by atoms with Crippen LogP contribution in [0.5, 0.6) is 11.5 Å². The van der Waals surface area contributed by atoms with E-state index in [9.17, 15) is 4.89 Å². The van der Waals surface area contributed by atoms with E-state index in [1.54, 1.807) is 12.1 Å². The summed E-state index contributed by atoms with van der Waals surface area (Å²) in [6, 6.07) is 17.1. The smallest absolute Gasteiger partial charge is 0.418 e. The fourth-order valence-corrected chi connectivity index (χ4v) is 3.32. The van der Waals surface area contributed by atoms with Crippen LogP contribution in [0.3, 0.4) is 0 Å². The van der Waals surface area contributed by atoms with Gasteiger partial charge in [0.1, 0.15) is 11.5 Å². The van der Waals surface area contributed by atoms with Gasteiger partial charge in [-0.05, 0) is 42.7 Å². The number of benzene rings is 2. The van der Waals surface area contributed by atoms with Crippen LogP contribution in [0.15, 0.2) is 54.6 Å². The second-order valence-corrected chi connectivity index (χ2v) is 7.09. The predicted octanol–water partition coefficient (Wildman–Crippen LogP) is 6.66. The summed E-state index contributed by atoms with van der Waals surface area (Å²) in [4.78, 5) is 9.91. The van der Waals surface area contributed by atoms with Crippen molar-refractivity contribution < 1.29 is 13.9 Å². The van der Waals surface area contributed by atoms with Crippen LogP contribution in [0.25, 0.3) is 0 Å². The van der Waals surface area contributed by atoms with Crippen molar-refractivity contribution in [3.05, 3.63) is 60.2 Å². The molecule has 0 aromatic heterocycles. The lowest BCUT2D eigenvalue weighted by Crippen LogP contribution is -1.94. The Morgan fingerprint density at radius 1 is 0.720 bits per heavy atom. The van der Waals surface area contributed by atoms with Gasteiger partial charge >= 0.3 is 8.60 Å². The van der Waals surface area contributed by atoms with Gasteiger partial charge in [0.2, 0.25) is 0 Å². The fourth-order valence-electron chi connectivity index (χ4n) is 2.68. The van der Waals surface area contributed by atoms with Crippen LogP contribution >= 0.6 is 8.60 Å². The van der Waals surface area contributed by atoms with Gasteiger partial charge in [-0.15, -0.1) is 0 Å². The lowest BCUT2D eigenvalue weighted by molar-refractivity contribution is 0.381. The second-order valence-electron chi connectivity index (χ2n) is 6.25. The molecule has 0 radical (unpaired) electrons. The Morgan fingerprint density at radius 2 is 1.28 bits per heavy atom. The minimum absolute atomic E-state index is 0.603. The maximum Gasteiger partial charge on any atom is 0.460 e. The predicted molar refractivity (Wildman–Crippen MR) is 105 cm³/mol. The first-order chi connectivity index (χ1) is 12.3. The molecule has 0 amide bonds. The third-order valence-corrected chi connectivity index (χ3v) is 4.84.